The van der Waals surface area contributed by atoms with E-state index in [4.69, 9.17) is 10.2 Å². The van der Waals surface area contributed by atoms with Crippen LogP contribution >= 0.6 is 15.9 Å². The lowest BCUT2D eigenvalue weighted by molar-refractivity contribution is 0.410. The molecule has 3 heteroatoms. The van der Waals surface area contributed by atoms with Crippen LogP contribution < -0.4 is 5.73 Å². The Morgan fingerprint density at radius 1 is 1.54 bits per heavy atom. The summed E-state index contributed by atoms with van der Waals surface area (Å²) < 4.78 is 6.38. The molecule has 1 atom stereocenters. The lowest BCUT2D eigenvalue weighted by Crippen LogP contribution is -2.08. The van der Waals surface area contributed by atoms with Crippen LogP contribution in [0.15, 0.2) is 21.2 Å². The van der Waals surface area contributed by atoms with Crippen LogP contribution in [0.4, 0.5) is 0 Å². The van der Waals surface area contributed by atoms with Gasteiger partial charge in [0.2, 0.25) is 0 Å². The predicted molar refractivity (Wildman–Crippen MR) is 55.5 cm³/mol. The molecule has 1 aliphatic carbocycles. The van der Waals surface area contributed by atoms with E-state index in [2.05, 4.69) is 22.0 Å². The Bertz CT molecular complexity index is 280. The standard InChI is InChI=1S/C10H14BrNO/c11-10-4-3-9(13-10)8(5-6-12)7-1-2-7/h3-4,7-8H,1-2,5-6,12H2. The maximum atomic E-state index is 5.59. The lowest BCUT2D eigenvalue weighted by Gasteiger charge is -2.11. The van der Waals surface area contributed by atoms with Gasteiger partial charge in [0.25, 0.3) is 0 Å². The third-order valence-corrected chi connectivity index (χ3v) is 3.05. The molecule has 0 amide bonds. The highest BCUT2D eigenvalue weighted by atomic mass is 79.9. The van der Waals surface area contributed by atoms with Gasteiger partial charge in [0, 0.05) is 5.92 Å². The minimum Gasteiger partial charge on any atom is -0.454 e. The summed E-state index contributed by atoms with van der Waals surface area (Å²) in [6.45, 7) is 0.749. The number of nitrogens with two attached hydrogens (primary N) is 1. The van der Waals surface area contributed by atoms with Crippen molar-refractivity contribution >= 4 is 15.9 Å². The van der Waals surface area contributed by atoms with E-state index < -0.39 is 0 Å². The quantitative estimate of drug-likeness (QED) is 0.884. The van der Waals surface area contributed by atoms with Crippen molar-refractivity contribution in [1.82, 2.24) is 0 Å². The van der Waals surface area contributed by atoms with Crippen molar-refractivity contribution in [2.75, 3.05) is 6.54 Å². The highest BCUT2D eigenvalue weighted by Gasteiger charge is 2.33. The highest BCUT2D eigenvalue weighted by molar-refractivity contribution is 9.10. The summed E-state index contributed by atoms with van der Waals surface area (Å²) in [6.07, 6.45) is 3.72. The zero-order valence-corrected chi connectivity index (χ0v) is 9.09. The summed E-state index contributed by atoms with van der Waals surface area (Å²) in [5, 5.41) is 0. The van der Waals surface area contributed by atoms with E-state index in [1.165, 1.54) is 12.8 Å². The van der Waals surface area contributed by atoms with Gasteiger partial charge < -0.3 is 10.2 Å². The third-order valence-electron chi connectivity index (χ3n) is 2.63. The molecule has 2 nitrogen and oxygen atoms in total. The van der Waals surface area contributed by atoms with Gasteiger partial charge in [-0.25, -0.2) is 0 Å². The number of rotatable bonds is 4. The number of halogens is 1. The largest absolute Gasteiger partial charge is 0.454 e. The molecule has 1 saturated carbocycles. The monoisotopic (exact) mass is 243 g/mol. The zero-order chi connectivity index (χ0) is 9.26. The molecule has 0 spiro atoms. The molecule has 0 bridgehead atoms. The van der Waals surface area contributed by atoms with Crippen molar-refractivity contribution in [1.29, 1.82) is 0 Å². The summed E-state index contributed by atoms with van der Waals surface area (Å²) in [7, 11) is 0. The average molecular weight is 244 g/mol. The second-order valence-electron chi connectivity index (χ2n) is 3.66. The fourth-order valence-electron chi connectivity index (χ4n) is 1.82. The molecule has 1 unspecified atom stereocenters. The van der Waals surface area contributed by atoms with E-state index in [1.54, 1.807) is 0 Å². The Morgan fingerprint density at radius 3 is 2.77 bits per heavy atom. The van der Waals surface area contributed by atoms with Crippen LogP contribution in [0, 0.1) is 5.92 Å². The van der Waals surface area contributed by atoms with Gasteiger partial charge in [0.05, 0.1) is 0 Å². The Hall–Kier alpha value is -0.280. The van der Waals surface area contributed by atoms with E-state index in [-0.39, 0.29) is 0 Å². The molecule has 2 N–H and O–H groups in total. The van der Waals surface area contributed by atoms with Gasteiger partial charge in [-0.3, -0.25) is 0 Å². The second kappa shape index (κ2) is 3.84. The summed E-state index contributed by atoms with van der Waals surface area (Å²) >= 11 is 3.32. The molecule has 0 aliphatic heterocycles. The molecule has 1 aromatic heterocycles. The molecule has 1 heterocycles. The van der Waals surface area contributed by atoms with Crippen molar-refractivity contribution in [3.63, 3.8) is 0 Å². The van der Waals surface area contributed by atoms with Crippen LogP contribution in [0.1, 0.15) is 30.9 Å². The van der Waals surface area contributed by atoms with Gasteiger partial charge in [0.1, 0.15) is 5.76 Å². The maximum Gasteiger partial charge on any atom is 0.169 e. The highest BCUT2D eigenvalue weighted by Crippen LogP contribution is 2.44. The van der Waals surface area contributed by atoms with Crippen molar-refractivity contribution in [2.45, 2.75) is 25.2 Å². The van der Waals surface area contributed by atoms with Crippen LogP contribution in [0.5, 0.6) is 0 Å². The summed E-state index contributed by atoms with van der Waals surface area (Å²) in [4.78, 5) is 0. The fraction of sp³-hybridized carbons (Fsp3) is 0.600. The SMILES string of the molecule is NCCC(c1ccc(Br)o1)C1CC1. The Labute approximate surface area is 86.6 Å². The van der Waals surface area contributed by atoms with Crippen molar-refractivity contribution in [2.24, 2.45) is 11.7 Å². The molecule has 0 radical (unpaired) electrons. The van der Waals surface area contributed by atoms with Crippen LogP contribution in [0.3, 0.4) is 0 Å². The molecule has 13 heavy (non-hydrogen) atoms. The van der Waals surface area contributed by atoms with Crippen molar-refractivity contribution in [3.05, 3.63) is 22.6 Å². The zero-order valence-electron chi connectivity index (χ0n) is 7.50. The molecule has 0 aromatic carbocycles. The number of hydrogen-bond donors (Lipinski definition) is 1. The molecule has 1 aliphatic rings. The topological polar surface area (TPSA) is 39.2 Å². The number of hydrogen-bond acceptors (Lipinski definition) is 2. The van der Waals surface area contributed by atoms with Gasteiger partial charge in [-0.1, -0.05) is 0 Å². The predicted octanol–water partition coefficient (Wildman–Crippen LogP) is 2.88. The van der Waals surface area contributed by atoms with Gasteiger partial charge >= 0.3 is 0 Å². The van der Waals surface area contributed by atoms with Gasteiger partial charge in [-0.15, -0.1) is 0 Å². The molecule has 2 rings (SSSR count). The van der Waals surface area contributed by atoms with E-state index in [0.717, 1.165) is 29.3 Å². The average Bonchev–Trinajstić information content (AvgIpc) is 2.85. The van der Waals surface area contributed by atoms with Gasteiger partial charge in [0.15, 0.2) is 4.67 Å². The molecular formula is C10H14BrNO. The maximum absolute atomic E-state index is 5.59. The van der Waals surface area contributed by atoms with Crippen LogP contribution in [0.25, 0.3) is 0 Å². The minimum atomic E-state index is 0.552. The first-order valence-corrected chi connectivity index (χ1v) is 5.56. The minimum absolute atomic E-state index is 0.552. The fourth-order valence-corrected chi connectivity index (χ4v) is 2.14. The van der Waals surface area contributed by atoms with Gasteiger partial charge in [-0.2, -0.15) is 0 Å². The first-order valence-electron chi connectivity index (χ1n) is 4.76. The van der Waals surface area contributed by atoms with Crippen molar-refractivity contribution in [3.8, 4) is 0 Å². The van der Waals surface area contributed by atoms with E-state index in [9.17, 15) is 0 Å². The van der Waals surface area contributed by atoms with E-state index in [0.29, 0.717) is 5.92 Å². The molecule has 1 fully saturated rings. The Morgan fingerprint density at radius 2 is 2.31 bits per heavy atom. The third kappa shape index (κ3) is 2.15. The summed E-state index contributed by atoms with van der Waals surface area (Å²) in [5.41, 5.74) is 5.59. The van der Waals surface area contributed by atoms with E-state index >= 15 is 0 Å². The van der Waals surface area contributed by atoms with Gasteiger partial charge in [-0.05, 0) is 59.8 Å². The smallest absolute Gasteiger partial charge is 0.169 e. The first kappa shape index (κ1) is 9.28. The lowest BCUT2D eigenvalue weighted by atomic mass is 9.97. The van der Waals surface area contributed by atoms with Crippen LogP contribution in [0.2, 0.25) is 0 Å². The number of furan rings is 1. The summed E-state index contributed by atoms with van der Waals surface area (Å²) in [5.74, 6) is 2.47. The van der Waals surface area contributed by atoms with Crippen molar-refractivity contribution < 1.29 is 4.42 Å². The van der Waals surface area contributed by atoms with Crippen LogP contribution in [-0.4, -0.2) is 6.54 Å². The normalized spacial score (nSPS) is 18.9. The second-order valence-corrected chi connectivity index (χ2v) is 4.44. The molecular weight excluding hydrogens is 230 g/mol. The van der Waals surface area contributed by atoms with Crippen LogP contribution in [-0.2, 0) is 0 Å². The summed E-state index contributed by atoms with van der Waals surface area (Å²) in [6, 6.07) is 4.02. The molecule has 72 valence electrons. The molecule has 0 saturated heterocycles. The first-order chi connectivity index (χ1) is 6.31. The Balaban J connectivity index is 2.10. The van der Waals surface area contributed by atoms with E-state index in [1.807, 2.05) is 6.07 Å². The molecule has 1 aromatic rings. The Kier molecular flexibility index (Phi) is 2.74.